The van der Waals surface area contributed by atoms with E-state index in [9.17, 15) is 27.9 Å². The highest BCUT2D eigenvalue weighted by atomic mass is 79.9. The summed E-state index contributed by atoms with van der Waals surface area (Å²) in [6.07, 6.45) is -5.95. The van der Waals surface area contributed by atoms with E-state index in [0.717, 1.165) is 11.0 Å². The minimum Gasteiger partial charge on any atom is -0.465 e. The Labute approximate surface area is 185 Å². The molecule has 0 saturated carbocycles. The standard InChI is InChI=1S/C20H22BrF3N2O3S/c1-19(2,3)26(18(28)29)10-14(25-17(27)16-9-13(21)11-30-16)8-12-6-4-5-7-15(12)20(22,23)24/h4-7,9,11,14H,8,10H2,1-3H3,(H,25,27)(H,28,29)/t14-/m0/s1. The van der Waals surface area contributed by atoms with E-state index in [2.05, 4.69) is 21.2 Å². The van der Waals surface area contributed by atoms with Crippen LogP contribution in [-0.4, -0.2) is 40.1 Å². The molecule has 2 rings (SSSR count). The van der Waals surface area contributed by atoms with E-state index in [1.54, 1.807) is 32.2 Å². The molecular weight excluding hydrogens is 485 g/mol. The number of hydrogen-bond acceptors (Lipinski definition) is 3. The van der Waals surface area contributed by atoms with Crippen molar-refractivity contribution in [3.63, 3.8) is 0 Å². The zero-order chi connectivity index (χ0) is 22.7. The molecule has 0 saturated heterocycles. The molecule has 0 aliphatic heterocycles. The lowest BCUT2D eigenvalue weighted by Crippen LogP contribution is -2.53. The lowest BCUT2D eigenvalue weighted by molar-refractivity contribution is -0.138. The Morgan fingerprint density at radius 2 is 1.87 bits per heavy atom. The summed E-state index contributed by atoms with van der Waals surface area (Å²) in [5.41, 5.74) is -1.62. The highest BCUT2D eigenvalue weighted by Gasteiger charge is 2.35. The van der Waals surface area contributed by atoms with Crippen molar-refractivity contribution in [2.24, 2.45) is 0 Å². The maximum Gasteiger partial charge on any atom is 0.416 e. The van der Waals surface area contributed by atoms with Crippen LogP contribution >= 0.6 is 27.3 Å². The fourth-order valence-electron chi connectivity index (χ4n) is 2.95. The average molecular weight is 507 g/mol. The maximum absolute atomic E-state index is 13.4. The van der Waals surface area contributed by atoms with Crippen molar-refractivity contribution < 1.29 is 27.9 Å². The monoisotopic (exact) mass is 506 g/mol. The fourth-order valence-corrected chi connectivity index (χ4v) is 4.28. The molecule has 0 spiro atoms. The second kappa shape index (κ2) is 9.38. The van der Waals surface area contributed by atoms with Gasteiger partial charge in [-0.25, -0.2) is 4.79 Å². The minimum atomic E-state index is -4.56. The molecule has 0 radical (unpaired) electrons. The number of thiophene rings is 1. The van der Waals surface area contributed by atoms with Crippen molar-refractivity contribution in [1.29, 1.82) is 0 Å². The number of hydrogen-bond donors (Lipinski definition) is 2. The van der Waals surface area contributed by atoms with Crippen molar-refractivity contribution in [2.75, 3.05) is 6.54 Å². The Bertz CT molecular complexity index is 909. The van der Waals surface area contributed by atoms with Gasteiger partial charge in [0.1, 0.15) is 0 Å². The van der Waals surface area contributed by atoms with Crippen molar-refractivity contribution in [2.45, 2.75) is 44.9 Å². The summed E-state index contributed by atoms with van der Waals surface area (Å²) in [7, 11) is 0. The van der Waals surface area contributed by atoms with Crippen LogP contribution in [-0.2, 0) is 12.6 Å². The van der Waals surface area contributed by atoms with Crippen molar-refractivity contribution in [3.05, 3.63) is 56.2 Å². The van der Waals surface area contributed by atoms with Crippen LogP contribution in [0.2, 0.25) is 0 Å². The molecule has 5 nitrogen and oxygen atoms in total. The second-order valence-electron chi connectivity index (χ2n) is 7.72. The summed E-state index contributed by atoms with van der Waals surface area (Å²) in [5, 5.41) is 14.0. The molecule has 2 aromatic rings. The molecule has 0 aliphatic carbocycles. The zero-order valence-electron chi connectivity index (χ0n) is 16.6. The van der Waals surface area contributed by atoms with E-state index in [-0.39, 0.29) is 18.5 Å². The molecule has 0 aliphatic rings. The van der Waals surface area contributed by atoms with Gasteiger partial charge in [-0.05, 0) is 60.8 Å². The molecule has 2 N–H and O–H groups in total. The number of nitrogens with zero attached hydrogens (tertiary/aromatic N) is 1. The first-order chi connectivity index (χ1) is 13.8. The molecule has 164 valence electrons. The third kappa shape index (κ3) is 6.46. The van der Waals surface area contributed by atoms with Gasteiger partial charge in [-0.2, -0.15) is 13.2 Å². The second-order valence-corrected chi connectivity index (χ2v) is 9.55. The van der Waals surface area contributed by atoms with Crippen LogP contribution < -0.4 is 5.32 Å². The molecule has 1 aromatic carbocycles. The molecule has 0 fully saturated rings. The first-order valence-corrected chi connectivity index (χ1v) is 10.7. The van der Waals surface area contributed by atoms with E-state index in [4.69, 9.17) is 0 Å². The van der Waals surface area contributed by atoms with Crippen LogP contribution in [0.1, 0.15) is 41.6 Å². The number of carbonyl (C=O) groups excluding carboxylic acids is 1. The Morgan fingerprint density at radius 3 is 2.37 bits per heavy atom. The number of benzene rings is 1. The van der Waals surface area contributed by atoms with Gasteiger partial charge in [-0.15, -0.1) is 11.3 Å². The number of carboxylic acid groups (broad SMARTS) is 1. The lowest BCUT2D eigenvalue weighted by atomic mass is 9.98. The predicted octanol–water partition coefficient (Wildman–Crippen LogP) is 5.65. The number of amides is 2. The van der Waals surface area contributed by atoms with Gasteiger partial charge in [-0.1, -0.05) is 18.2 Å². The normalized spacial score (nSPS) is 13.0. The molecule has 2 amide bonds. The zero-order valence-corrected chi connectivity index (χ0v) is 19.0. The van der Waals surface area contributed by atoms with E-state index in [0.29, 0.717) is 9.35 Å². The van der Waals surface area contributed by atoms with Crippen LogP contribution in [0.25, 0.3) is 0 Å². The third-order valence-electron chi connectivity index (χ3n) is 4.36. The largest absolute Gasteiger partial charge is 0.465 e. The molecule has 10 heteroatoms. The number of nitrogens with one attached hydrogen (secondary N) is 1. The summed E-state index contributed by atoms with van der Waals surface area (Å²) >= 11 is 4.43. The fraction of sp³-hybridized carbons (Fsp3) is 0.400. The highest BCUT2D eigenvalue weighted by molar-refractivity contribution is 9.10. The van der Waals surface area contributed by atoms with Gasteiger partial charge in [-0.3, -0.25) is 4.79 Å². The number of alkyl halides is 3. The van der Waals surface area contributed by atoms with E-state index < -0.39 is 35.3 Å². The van der Waals surface area contributed by atoms with Gasteiger partial charge >= 0.3 is 12.3 Å². The maximum atomic E-state index is 13.4. The van der Waals surface area contributed by atoms with Crippen molar-refractivity contribution >= 4 is 39.3 Å². The minimum absolute atomic E-state index is 0.0121. The van der Waals surface area contributed by atoms with Gasteiger partial charge in [0.15, 0.2) is 0 Å². The van der Waals surface area contributed by atoms with E-state index in [1.165, 1.54) is 29.5 Å². The Balaban J connectivity index is 2.36. The van der Waals surface area contributed by atoms with Crippen LogP contribution in [0.5, 0.6) is 0 Å². The Kier molecular flexibility index (Phi) is 7.57. The average Bonchev–Trinajstić information content (AvgIpc) is 3.04. The Morgan fingerprint density at radius 1 is 1.23 bits per heavy atom. The number of halogens is 4. The van der Waals surface area contributed by atoms with E-state index in [1.807, 2.05) is 0 Å². The quantitative estimate of drug-likeness (QED) is 0.531. The predicted molar refractivity (Wildman–Crippen MR) is 113 cm³/mol. The topological polar surface area (TPSA) is 69.6 Å². The molecule has 0 unspecified atom stereocenters. The highest BCUT2D eigenvalue weighted by Crippen LogP contribution is 2.32. The summed E-state index contributed by atoms with van der Waals surface area (Å²) in [4.78, 5) is 25.9. The van der Waals surface area contributed by atoms with Gasteiger partial charge < -0.3 is 15.3 Å². The molecule has 0 bridgehead atoms. The van der Waals surface area contributed by atoms with E-state index >= 15 is 0 Å². The summed E-state index contributed by atoms with van der Waals surface area (Å²) in [6, 6.07) is 5.83. The molecule has 1 atom stereocenters. The third-order valence-corrected chi connectivity index (χ3v) is 6.05. The van der Waals surface area contributed by atoms with Crippen LogP contribution in [0.3, 0.4) is 0 Å². The van der Waals surface area contributed by atoms with Crippen LogP contribution in [0.15, 0.2) is 40.2 Å². The molecule has 1 aromatic heterocycles. The summed E-state index contributed by atoms with van der Waals surface area (Å²) < 4.78 is 40.9. The van der Waals surface area contributed by atoms with Crippen molar-refractivity contribution in [1.82, 2.24) is 10.2 Å². The summed E-state index contributed by atoms with van der Waals surface area (Å²) in [6.45, 7) is 4.88. The van der Waals surface area contributed by atoms with Gasteiger partial charge in [0.25, 0.3) is 5.91 Å². The van der Waals surface area contributed by atoms with Crippen LogP contribution in [0.4, 0.5) is 18.0 Å². The first kappa shape index (κ1) is 24.2. The molecule has 1 heterocycles. The summed E-state index contributed by atoms with van der Waals surface area (Å²) in [5.74, 6) is -0.473. The number of rotatable bonds is 6. The Hall–Kier alpha value is -2.07. The van der Waals surface area contributed by atoms with Crippen LogP contribution in [0, 0.1) is 0 Å². The molecular formula is C20H22BrF3N2O3S. The number of carbonyl (C=O) groups is 2. The SMILES string of the molecule is CC(C)(C)N(C[C@H](Cc1ccccc1C(F)(F)F)NC(=O)c1cc(Br)cs1)C(=O)O. The lowest BCUT2D eigenvalue weighted by Gasteiger charge is -2.36. The van der Waals surface area contributed by atoms with Gasteiger partial charge in [0.2, 0.25) is 0 Å². The van der Waals surface area contributed by atoms with Gasteiger partial charge in [0.05, 0.1) is 16.5 Å². The smallest absolute Gasteiger partial charge is 0.416 e. The first-order valence-electron chi connectivity index (χ1n) is 8.99. The molecule has 30 heavy (non-hydrogen) atoms. The van der Waals surface area contributed by atoms with Crippen molar-refractivity contribution in [3.8, 4) is 0 Å². The van der Waals surface area contributed by atoms with Gasteiger partial charge in [0, 0.05) is 21.9 Å².